The average molecular weight is 148 g/mol. The van der Waals surface area contributed by atoms with Gasteiger partial charge in [0.05, 0.1) is 0 Å². The predicted octanol–water partition coefficient (Wildman–Crippen LogP) is 1.97. The summed E-state index contributed by atoms with van der Waals surface area (Å²) in [4.78, 5) is 11.2. The van der Waals surface area contributed by atoms with Crippen LogP contribution in [0.25, 0.3) is 0 Å². The first-order chi connectivity index (χ1) is 5.09. The smallest absolute Gasteiger partial charge is 0.181 e. The predicted molar refractivity (Wildman–Crippen MR) is 46.9 cm³/mol. The van der Waals surface area contributed by atoms with Crippen molar-refractivity contribution in [2.75, 3.05) is 0 Å². The van der Waals surface area contributed by atoms with Crippen molar-refractivity contribution in [1.82, 2.24) is 0 Å². The molecule has 0 aliphatic carbocycles. The van der Waals surface area contributed by atoms with E-state index in [1.807, 2.05) is 32.9 Å². The van der Waals surface area contributed by atoms with Crippen molar-refractivity contribution in [3.05, 3.63) is 45.1 Å². The first-order valence-corrected chi connectivity index (χ1v) is 3.69. The van der Waals surface area contributed by atoms with Gasteiger partial charge in [-0.25, -0.2) is 0 Å². The molecule has 0 fully saturated rings. The van der Waals surface area contributed by atoms with E-state index in [9.17, 15) is 4.79 Å². The van der Waals surface area contributed by atoms with Crippen molar-refractivity contribution in [2.24, 2.45) is 0 Å². The summed E-state index contributed by atoms with van der Waals surface area (Å²) in [6.45, 7) is 5.78. The van der Waals surface area contributed by atoms with Crippen LogP contribution in [0.4, 0.5) is 0 Å². The number of hydrogen-bond acceptors (Lipinski definition) is 1. The Morgan fingerprint density at radius 1 is 0.909 bits per heavy atom. The van der Waals surface area contributed by atoms with Crippen LogP contribution in [0.1, 0.15) is 16.7 Å². The van der Waals surface area contributed by atoms with Crippen LogP contribution < -0.4 is 5.43 Å². The third-order valence-corrected chi connectivity index (χ3v) is 1.65. The topological polar surface area (TPSA) is 17.1 Å². The van der Waals surface area contributed by atoms with Crippen molar-refractivity contribution in [2.45, 2.75) is 20.8 Å². The second-order valence-electron chi connectivity index (χ2n) is 2.97. The van der Waals surface area contributed by atoms with Crippen LogP contribution in [-0.2, 0) is 0 Å². The fourth-order valence-corrected chi connectivity index (χ4v) is 1.18. The Labute approximate surface area is 66.7 Å². The van der Waals surface area contributed by atoms with E-state index < -0.39 is 0 Å². The van der Waals surface area contributed by atoms with Crippen molar-refractivity contribution in [3.63, 3.8) is 0 Å². The number of rotatable bonds is 0. The minimum absolute atomic E-state index is 0.121. The molecule has 1 rings (SSSR count). The molecule has 0 atom stereocenters. The summed E-state index contributed by atoms with van der Waals surface area (Å²) < 4.78 is 0. The van der Waals surface area contributed by atoms with Gasteiger partial charge in [0.15, 0.2) is 5.43 Å². The van der Waals surface area contributed by atoms with Crippen LogP contribution in [0.2, 0.25) is 0 Å². The molecule has 1 heteroatoms. The first kappa shape index (κ1) is 7.99. The number of aryl methyl sites for hydroxylation is 3. The molecule has 0 N–H and O–H groups in total. The molecule has 58 valence electrons. The molecule has 1 aromatic rings. The summed E-state index contributed by atoms with van der Waals surface area (Å²) in [5, 5.41) is 0. The molecule has 1 nitrogen and oxygen atoms in total. The highest BCUT2D eigenvalue weighted by atomic mass is 16.1. The molecule has 0 saturated heterocycles. The zero-order valence-electron chi connectivity index (χ0n) is 7.14. The van der Waals surface area contributed by atoms with E-state index in [1.54, 1.807) is 6.07 Å². The summed E-state index contributed by atoms with van der Waals surface area (Å²) in [7, 11) is 0. The van der Waals surface area contributed by atoms with Crippen LogP contribution >= 0.6 is 0 Å². The highest BCUT2D eigenvalue weighted by Crippen LogP contribution is 1.99. The highest BCUT2D eigenvalue weighted by Gasteiger charge is 1.91. The summed E-state index contributed by atoms with van der Waals surface area (Å²) in [6.07, 6.45) is 0. The van der Waals surface area contributed by atoms with Gasteiger partial charge in [-0.3, -0.25) is 4.79 Å². The fourth-order valence-electron chi connectivity index (χ4n) is 1.18. The molecule has 0 radical (unpaired) electrons. The van der Waals surface area contributed by atoms with Gasteiger partial charge in [-0.2, -0.15) is 0 Å². The quantitative estimate of drug-likeness (QED) is 0.549. The summed E-state index contributed by atoms with van der Waals surface area (Å²) in [6, 6.07) is 5.59. The van der Waals surface area contributed by atoms with Crippen LogP contribution in [0.3, 0.4) is 0 Å². The van der Waals surface area contributed by atoms with E-state index >= 15 is 0 Å². The van der Waals surface area contributed by atoms with Gasteiger partial charge in [0, 0.05) is 0 Å². The molecule has 0 amide bonds. The van der Waals surface area contributed by atoms with E-state index in [-0.39, 0.29) is 5.43 Å². The Morgan fingerprint density at radius 2 is 1.45 bits per heavy atom. The Morgan fingerprint density at radius 3 is 2.09 bits per heavy atom. The molecule has 0 spiro atoms. The summed E-state index contributed by atoms with van der Waals surface area (Å²) >= 11 is 0. The maximum atomic E-state index is 11.2. The van der Waals surface area contributed by atoms with Crippen molar-refractivity contribution < 1.29 is 0 Å². The van der Waals surface area contributed by atoms with Gasteiger partial charge in [-0.15, -0.1) is 0 Å². The Kier molecular flexibility index (Phi) is 2.08. The van der Waals surface area contributed by atoms with Crippen molar-refractivity contribution in [1.29, 1.82) is 0 Å². The van der Waals surface area contributed by atoms with E-state index in [0.717, 1.165) is 16.7 Å². The van der Waals surface area contributed by atoms with E-state index in [0.29, 0.717) is 0 Å². The summed E-state index contributed by atoms with van der Waals surface area (Å²) in [5.41, 5.74) is 3.11. The van der Waals surface area contributed by atoms with Gasteiger partial charge in [0.2, 0.25) is 0 Å². The maximum Gasteiger partial charge on any atom is 0.181 e. The van der Waals surface area contributed by atoms with Gasteiger partial charge >= 0.3 is 0 Å². The largest absolute Gasteiger partial charge is 0.290 e. The molecule has 0 aromatic heterocycles. The third-order valence-electron chi connectivity index (χ3n) is 1.65. The monoisotopic (exact) mass is 148 g/mol. The first-order valence-electron chi connectivity index (χ1n) is 3.69. The molecular formula is C10H12O. The number of hydrogen-bond donors (Lipinski definition) is 0. The fraction of sp³-hybridized carbons (Fsp3) is 0.300. The van der Waals surface area contributed by atoms with Crippen LogP contribution in [0.15, 0.2) is 23.0 Å². The molecule has 0 aliphatic heterocycles. The van der Waals surface area contributed by atoms with Crippen molar-refractivity contribution in [3.8, 4) is 0 Å². The third kappa shape index (κ3) is 1.90. The van der Waals surface area contributed by atoms with Gasteiger partial charge < -0.3 is 0 Å². The Hall–Kier alpha value is -1.11. The Balaban J connectivity index is 3.54. The molecule has 0 unspecified atom stereocenters. The summed E-state index contributed by atoms with van der Waals surface area (Å²) in [5.74, 6) is 0. The molecule has 0 bridgehead atoms. The van der Waals surface area contributed by atoms with Gasteiger partial charge in [-0.1, -0.05) is 17.7 Å². The van der Waals surface area contributed by atoms with Gasteiger partial charge in [-0.05, 0) is 38.0 Å². The molecular weight excluding hydrogens is 136 g/mol. The van der Waals surface area contributed by atoms with Crippen LogP contribution in [-0.4, -0.2) is 0 Å². The van der Waals surface area contributed by atoms with Crippen LogP contribution in [0.5, 0.6) is 0 Å². The molecule has 0 heterocycles. The van der Waals surface area contributed by atoms with E-state index in [2.05, 4.69) is 0 Å². The second kappa shape index (κ2) is 2.87. The van der Waals surface area contributed by atoms with E-state index in [1.165, 1.54) is 0 Å². The van der Waals surface area contributed by atoms with Crippen LogP contribution in [0, 0.1) is 20.8 Å². The second-order valence-corrected chi connectivity index (χ2v) is 2.97. The van der Waals surface area contributed by atoms with Crippen molar-refractivity contribution >= 4 is 0 Å². The lowest BCUT2D eigenvalue weighted by molar-refractivity contribution is 1.40. The SMILES string of the molecule is Cc1cc(C)cc(=O)c(C)c1. The zero-order chi connectivity index (χ0) is 8.43. The average Bonchev–Trinajstić information content (AvgIpc) is 1.93. The minimum atomic E-state index is 0.121. The standard InChI is InChI=1S/C10H12O/c1-7-4-8(2)6-10(11)9(3)5-7/h4-6H,1-3H3. The highest BCUT2D eigenvalue weighted by molar-refractivity contribution is 5.24. The maximum absolute atomic E-state index is 11.2. The lowest BCUT2D eigenvalue weighted by atomic mass is 10.2. The Bertz CT molecular complexity index is 326. The lowest BCUT2D eigenvalue weighted by Gasteiger charge is -1.83. The normalized spacial score (nSPS) is 9.73. The molecule has 0 aliphatic rings. The van der Waals surface area contributed by atoms with Gasteiger partial charge in [0.25, 0.3) is 0 Å². The molecule has 11 heavy (non-hydrogen) atoms. The molecule has 1 aromatic carbocycles. The zero-order valence-corrected chi connectivity index (χ0v) is 7.14. The van der Waals surface area contributed by atoms with E-state index in [4.69, 9.17) is 0 Å². The molecule has 0 saturated carbocycles. The minimum Gasteiger partial charge on any atom is -0.290 e. The van der Waals surface area contributed by atoms with Gasteiger partial charge in [0.1, 0.15) is 0 Å². The lowest BCUT2D eigenvalue weighted by Crippen LogP contribution is -1.98.